The lowest BCUT2D eigenvalue weighted by atomic mass is 9.60. The number of nitrogens with zero attached hydrogens (tertiary/aromatic N) is 1. The Morgan fingerprint density at radius 1 is 1.21 bits per heavy atom. The fourth-order valence-corrected chi connectivity index (χ4v) is 4.39. The van der Waals surface area contributed by atoms with Crippen molar-refractivity contribution in [2.75, 3.05) is 0 Å². The Hall–Kier alpha value is -0.550. The second-order valence-corrected chi connectivity index (χ2v) is 7.32. The van der Waals surface area contributed by atoms with Crippen molar-refractivity contribution in [3.05, 3.63) is 0 Å². The summed E-state index contributed by atoms with van der Waals surface area (Å²) in [5, 5.41) is 20.8. The van der Waals surface area contributed by atoms with E-state index in [0.29, 0.717) is 11.8 Å². The van der Waals surface area contributed by atoms with E-state index < -0.39 is 11.0 Å². The van der Waals surface area contributed by atoms with E-state index in [-0.39, 0.29) is 0 Å². The predicted octanol–water partition coefficient (Wildman–Crippen LogP) is 4.28. The second kappa shape index (κ2) is 5.44. The van der Waals surface area contributed by atoms with Crippen LogP contribution >= 0.6 is 0 Å². The first-order valence-corrected chi connectivity index (χ1v) is 8.10. The highest BCUT2D eigenvalue weighted by molar-refractivity contribution is 5.15. The first-order chi connectivity index (χ1) is 8.96. The van der Waals surface area contributed by atoms with Gasteiger partial charge < -0.3 is 5.11 Å². The molecule has 2 nitrogen and oxygen atoms in total. The molecule has 0 heterocycles. The molecule has 0 saturated heterocycles. The van der Waals surface area contributed by atoms with Gasteiger partial charge in [-0.05, 0) is 62.7 Å². The summed E-state index contributed by atoms with van der Waals surface area (Å²) in [6.07, 6.45) is 7.96. The molecule has 2 fully saturated rings. The van der Waals surface area contributed by atoms with Crippen LogP contribution in [0.5, 0.6) is 0 Å². The number of aliphatic hydroxyl groups is 1. The standard InChI is InChI=1S/C17H29NO/c1-4-14-5-10-17(19,11-14)16(12-18)8-6-15(7-9-16)13(2)3/h13-15,19H,4-11H2,1-3H3. The molecule has 2 unspecified atom stereocenters. The van der Waals surface area contributed by atoms with E-state index in [9.17, 15) is 10.4 Å². The van der Waals surface area contributed by atoms with E-state index in [1.54, 1.807) is 0 Å². The van der Waals surface area contributed by atoms with Gasteiger partial charge in [0.2, 0.25) is 0 Å². The van der Waals surface area contributed by atoms with Gasteiger partial charge in [-0.25, -0.2) is 0 Å². The highest BCUT2D eigenvalue weighted by atomic mass is 16.3. The van der Waals surface area contributed by atoms with Crippen LogP contribution in [0.3, 0.4) is 0 Å². The van der Waals surface area contributed by atoms with Crippen LogP contribution in [0.2, 0.25) is 0 Å². The average molecular weight is 263 g/mol. The maximum absolute atomic E-state index is 11.1. The van der Waals surface area contributed by atoms with Gasteiger partial charge in [0.05, 0.1) is 17.1 Å². The van der Waals surface area contributed by atoms with Gasteiger partial charge in [-0.15, -0.1) is 0 Å². The summed E-state index contributed by atoms with van der Waals surface area (Å²) in [5.41, 5.74) is -1.16. The molecule has 2 heteroatoms. The predicted molar refractivity (Wildman–Crippen MR) is 77.4 cm³/mol. The number of nitriles is 1. The lowest BCUT2D eigenvalue weighted by molar-refractivity contribution is -0.0778. The van der Waals surface area contributed by atoms with E-state index in [1.165, 1.54) is 0 Å². The third kappa shape index (κ3) is 2.55. The summed E-state index contributed by atoms with van der Waals surface area (Å²) >= 11 is 0. The molecule has 0 amide bonds. The summed E-state index contributed by atoms with van der Waals surface area (Å²) in [7, 11) is 0. The Morgan fingerprint density at radius 3 is 2.26 bits per heavy atom. The van der Waals surface area contributed by atoms with Gasteiger partial charge in [-0.2, -0.15) is 5.26 Å². The molecule has 0 aromatic rings. The molecular weight excluding hydrogens is 234 g/mol. The third-order valence-electron chi connectivity index (χ3n) is 6.10. The van der Waals surface area contributed by atoms with Crippen molar-refractivity contribution in [1.29, 1.82) is 5.26 Å². The van der Waals surface area contributed by atoms with Crippen molar-refractivity contribution in [2.45, 2.75) is 77.7 Å². The van der Waals surface area contributed by atoms with Crippen LogP contribution in [0.4, 0.5) is 0 Å². The minimum absolute atomic E-state index is 0.456. The van der Waals surface area contributed by atoms with Crippen LogP contribution in [0.15, 0.2) is 0 Å². The summed E-state index contributed by atoms with van der Waals surface area (Å²) < 4.78 is 0. The van der Waals surface area contributed by atoms with Crippen LogP contribution in [0, 0.1) is 34.5 Å². The molecule has 0 aromatic carbocycles. The lowest BCUT2D eigenvalue weighted by Gasteiger charge is -2.45. The Morgan fingerprint density at radius 2 is 1.84 bits per heavy atom. The summed E-state index contributed by atoms with van der Waals surface area (Å²) in [6.45, 7) is 6.76. The average Bonchev–Trinajstić information content (AvgIpc) is 2.82. The third-order valence-corrected chi connectivity index (χ3v) is 6.10. The Kier molecular flexibility index (Phi) is 4.26. The number of hydrogen-bond donors (Lipinski definition) is 1. The van der Waals surface area contributed by atoms with Crippen LogP contribution in [0.25, 0.3) is 0 Å². The van der Waals surface area contributed by atoms with Crippen LogP contribution < -0.4 is 0 Å². The monoisotopic (exact) mass is 263 g/mol. The van der Waals surface area contributed by atoms with Gasteiger partial charge in [0.15, 0.2) is 0 Å². The van der Waals surface area contributed by atoms with Crippen molar-refractivity contribution in [2.24, 2.45) is 23.2 Å². The molecule has 2 aliphatic carbocycles. The molecule has 0 radical (unpaired) electrons. The zero-order chi connectivity index (χ0) is 14.1. The van der Waals surface area contributed by atoms with Gasteiger partial charge >= 0.3 is 0 Å². The summed E-state index contributed by atoms with van der Waals surface area (Å²) in [6, 6.07) is 2.55. The molecule has 108 valence electrons. The van der Waals surface area contributed by atoms with Crippen LogP contribution in [0.1, 0.15) is 72.1 Å². The highest BCUT2D eigenvalue weighted by Crippen LogP contribution is 2.55. The fourth-order valence-electron chi connectivity index (χ4n) is 4.39. The van der Waals surface area contributed by atoms with Crippen molar-refractivity contribution in [3.8, 4) is 6.07 Å². The van der Waals surface area contributed by atoms with Crippen molar-refractivity contribution >= 4 is 0 Å². The van der Waals surface area contributed by atoms with E-state index in [1.807, 2.05) is 0 Å². The number of rotatable bonds is 3. The smallest absolute Gasteiger partial charge is 0.0860 e. The molecule has 0 spiro atoms. The Balaban J connectivity index is 2.11. The quantitative estimate of drug-likeness (QED) is 0.825. The first-order valence-electron chi connectivity index (χ1n) is 8.10. The molecule has 2 rings (SSSR count). The molecule has 2 aliphatic rings. The minimum Gasteiger partial charge on any atom is -0.388 e. The van der Waals surface area contributed by atoms with Crippen molar-refractivity contribution in [1.82, 2.24) is 0 Å². The van der Waals surface area contributed by atoms with Gasteiger partial charge in [0, 0.05) is 0 Å². The molecule has 1 N–H and O–H groups in total. The largest absolute Gasteiger partial charge is 0.388 e. The van der Waals surface area contributed by atoms with E-state index in [4.69, 9.17) is 0 Å². The molecule has 2 atom stereocenters. The van der Waals surface area contributed by atoms with Crippen LogP contribution in [-0.4, -0.2) is 10.7 Å². The fraction of sp³-hybridized carbons (Fsp3) is 0.941. The molecular formula is C17H29NO. The Labute approximate surface area is 118 Å². The minimum atomic E-state index is -0.704. The van der Waals surface area contributed by atoms with Crippen LogP contribution in [-0.2, 0) is 0 Å². The normalized spacial score (nSPS) is 43.4. The summed E-state index contributed by atoms with van der Waals surface area (Å²) in [4.78, 5) is 0. The molecule has 19 heavy (non-hydrogen) atoms. The van der Waals surface area contributed by atoms with Gasteiger partial charge in [-0.1, -0.05) is 27.2 Å². The zero-order valence-corrected chi connectivity index (χ0v) is 12.8. The molecule has 0 bridgehead atoms. The molecule has 0 aromatic heterocycles. The van der Waals surface area contributed by atoms with Gasteiger partial charge in [0.1, 0.15) is 0 Å². The van der Waals surface area contributed by atoms with E-state index in [2.05, 4.69) is 26.8 Å². The first kappa shape index (κ1) is 14.9. The SMILES string of the molecule is CCC1CCC(O)(C2(C#N)CCC(C(C)C)CC2)C1. The highest BCUT2D eigenvalue weighted by Gasteiger charge is 2.55. The van der Waals surface area contributed by atoms with Gasteiger partial charge in [-0.3, -0.25) is 0 Å². The van der Waals surface area contributed by atoms with Gasteiger partial charge in [0.25, 0.3) is 0 Å². The van der Waals surface area contributed by atoms with Crippen molar-refractivity contribution < 1.29 is 5.11 Å². The lowest BCUT2D eigenvalue weighted by Crippen LogP contribution is -2.48. The second-order valence-electron chi connectivity index (χ2n) is 7.32. The molecule has 0 aliphatic heterocycles. The topological polar surface area (TPSA) is 44.0 Å². The number of hydrogen-bond acceptors (Lipinski definition) is 2. The maximum atomic E-state index is 11.1. The van der Waals surface area contributed by atoms with E-state index in [0.717, 1.165) is 57.3 Å². The van der Waals surface area contributed by atoms with Crippen molar-refractivity contribution in [3.63, 3.8) is 0 Å². The maximum Gasteiger partial charge on any atom is 0.0860 e. The zero-order valence-electron chi connectivity index (χ0n) is 12.8. The Bertz CT molecular complexity index is 349. The summed E-state index contributed by atoms with van der Waals surface area (Å²) in [5.74, 6) is 2.07. The van der Waals surface area contributed by atoms with E-state index >= 15 is 0 Å². The molecule has 2 saturated carbocycles.